The molecule has 0 aliphatic carbocycles. The summed E-state index contributed by atoms with van der Waals surface area (Å²) >= 11 is 3.42. The van der Waals surface area contributed by atoms with Crippen LogP contribution in [0.15, 0.2) is 16.6 Å². The van der Waals surface area contributed by atoms with Crippen LogP contribution in [0, 0.1) is 12.8 Å². The zero-order valence-corrected chi connectivity index (χ0v) is 11.6. The van der Waals surface area contributed by atoms with Crippen LogP contribution in [0.25, 0.3) is 0 Å². The van der Waals surface area contributed by atoms with Crippen molar-refractivity contribution in [3.8, 4) is 5.75 Å². The summed E-state index contributed by atoms with van der Waals surface area (Å²) in [5.41, 5.74) is 7.73. The monoisotopic (exact) mass is 299 g/mol. The van der Waals surface area contributed by atoms with E-state index in [0.717, 1.165) is 48.4 Å². The summed E-state index contributed by atoms with van der Waals surface area (Å²) in [4.78, 5) is 0. The van der Waals surface area contributed by atoms with Crippen molar-refractivity contribution in [3.63, 3.8) is 0 Å². The van der Waals surface area contributed by atoms with Crippen LogP contribution < -0.4 is 10.5 Å². The van der Waals surface area contributed by atoms with Crippen LogP contribution in [0.5, 0.6) is 5.75 Å². The molecule has 0 atom stereocenters. The predicted molar refractivity (Wildman–Crippen MR) is 72.3 cm³/mol. The predicted octanol–water partition coefficient (Wildman–Crippen LogP) is 3.15. The first-order valence-corrected chi connectivity index (χ1v) is 6.72. The SMILES string of the molecule is Cc1cc(Br)cc(N)c1OCC1CCOCC1. The molecule has 1 aromatic rings. The van der Waals surface area contributed by atoms with Crippen molar-refractivity contribution in [2.24, 2.45) is 5.92 Å². The van der Waals surface area contributed by atoms with Crippen LogP contribution in [0.1, 0.15) is 18.4 Å². The smallest absolute Gasteiger partial charge is 0.145 e. The number of nitrogens with two attached hydrogens (primary N) is 1. The molecule has 1 aromatic carbocycles. The third-order valence-corrected chi connectivity index (χ3v) is 3.53. The van der Waals surface area contributed by atoms with Crippen molar-refractivity contribution in [3.05, 3.63) is 22.2 Å². The van der Waals surface area contributed by atoms with Gasteiger partial charge in [-0.2, -0.15) is 0 Å². The van der Waals surface area contributed by atoms with Gasteiger partial charge >= 0.3 is 0 Å². The molecular weight excluding hydrogens is 282 g/mol. The van der Waals surface area contributed by atoms with E-state index in [1.807, 2.05) is 19.1 Å². The first-order valence-electron chi connectivity index (χ1n) is 5.93. The maximum atomic E-state index is 5.96. The van der Waals surface area contributed by atoms with Crippen LogP contribution in [0.3, 0.4) is 0 Å². The van der Waals surface area contributed by atoms with Crippen LogP contribution >= 0.6 is 15.9 Å². The molecule has 0 saturated carbocycles. The second kappa shape index (κ2) is 5.74. The number of halogens is 1. The van der Waals surface area contributed by atoms with Crippen LogP contribution in [0.2, 0.25) is 0 Å². The van der Waals surface area contributed by atoms with Crippen LogP contribution in [-0.4, -0.2) is 19.8 Å². The van der Waals surface area contributed by atoms with E-state index < -0.39 is 0 Å². The Balaban J connectivity index is 1.98. The molecule has 1 fully saturated rings. The molecular formula is C13H18BrNO2. The lowest BCUT2D eigenvalue weighted by molar-refractivity contribution is 0.0498. The van der Waals surface area contributed by atoms with Gasteiger partial charge in [0.05, 0.1) is 12.3 Å². The van der Waals surface area contributed by atoms with Gasteiger partial charge in [-0.05, 0) is 43.4 Å². The molecule has 3 nitrogen and oxygen atoms in total. The van der Waals surface area contributed by atoms with E-state index in [0.29, 0.717) is 11.6 Å². The average molecular weight is 300 g/mol. The highest BCUT2D eigenvalue weighted by Gasteiger charge is 2.15. The molecule has 0 aromatic heterocycles. The second-order valence-electron chi connectivity index (χ2n) is 4.51. The second-order valence-corrected chi connectivity index (χ2v) is 5.42. The van der Waals surface area contributed by atoms with E-state index in [9.17, 15) is 0 Å². The van der Waals surface area contributed by atoms with Crippen LogP contribution in [-0.2, 0) is 4.74 Å². The fraction of sp³-hybridized carbons (Fsp3) is 0.538. The normalized spacial score (nSPS) is 17.1. The topological polar surface area (TPSA) is 44.5 Å². The number of hydrogen-bond acceptors (Lipinski definition) is 3. The van der Waals surface area contributed by atoms with Gasteiger partial charge in [0.2, 0.25) is 0 Å². The fourth-order valence-corrected chi connectivity index (χ4v) is 2.66. The minimum atomic E-state index is 0.589. The quantitative estimate of drug-likeness (QED) is 0.872. The Labute approximate surface area is 110 Å². The van der Waals surface area contributed by atoms with Gasteiger partial charge in [0.25, 0.3) is 0 Å². The third kappa shape index (κ3) is 3.36. The molecule has 17 heavy (non-hydrogen) atoms. The number of hydrogen-bond donors (Lipinski definition) is 1. The first kappa shape index (κ1) is 12.7. The molecule has 4 heteroatoms. The highest BCUT2D eigenvalue weighted by molar-refractivity contribution is 9.10. The Morgan fingerprint density at radius 1 is 1.41 bits per heavy atom. The van der Waals surface area contributed by atoms with E-state index in [1.54, 1.807) is 0 Å². The van der Waals surface area contributed by atoms with E-state index in [-0.39, 0.29) is 0 Å². The molecule has 94 valence electrons. The van der Waals surface area contributed by atoms with Gasteiger partial charge in [0.1, 0.15) is 5.75 Å². The van der Waals surface area contributed by atoms with Crippen molar-refractivity contribution in [2.75, 3.05) is 25.6 Å². The number of anilines is 1. The maximum absolute atomic E-state index is 5.96. The minimum absolute atomic E-state index is 0.589. The number of rotatable bonds is 3. The van der Waals surface area contributed by atoms with Gasteiger partial charge in [-0.25, -0.2) is 0 Å². The highest BCUT2D eigenvalue weighted by Crippen LogP contribution is 2.31. The number of aryl methyl sites for hydroxylation is 1. The number of ether oxygens (including phenoxy) is 2. The lowest BCUT2D eigenvalue weighted by atomic mass is 10.0. The molecule has 1 saturated heterocycles. The maximum Gasteiger partial charge on any atom is 0.145 e. The third-order valence-electron chi connectivity index (χ3n) is 3.07. The van der Waals surface area contributed by atoms with E-state index >= 15 is 0 Å². The number of benzene rings is 1. The lowest BCUT2D eigenvalue weighted by Gasteiger charge is -2.23. The zero-order valence-electron chi connectivity index (χ0n) is 10.0. The molecule has 0 radical (unpaired) electrons. The standard InChI is InChI=1S/C13H18BrNO2/c1-9-6-11(14)7-12(15)13(9)17-8-10-2-4-16-5-3-10/h6-7,10H,2-5,8,15H2,1H3. The fourth-order valence-electron chi connectivity index (χ4n) is 2.07. The van der Waals surface area contributed by atoms with Crippen molar-refractivity contribution >= 4 is 21.6 Å². The molecule has 0 bridgehead atoms. The first-order chi connectivity index (χ1) is 8.16. The molecule has 2 N–H and O–H groups in total. The largest absolute Gasteiger partial charge is 0.491 e. The molecule has 1 heterocycles. The van der Waals surface area contributed by atoms with Crippen molar-refractivity contribution in [1.29, 1.82) is 0 Å². The summed E-state index contributed by atoms with van der Waals surface area (Å²) in [6.07, 6.45) is 2.16. The van der Waals surface area contributed by atoms with E-state index in [4.69, 9.17) is 15.2 Å². The summed E-state index contributed by atoms with van der Waals surface area (Å²) in [6, 6.07) is 3.90. The Morgan fingerprint density at radius 3 is 2.76 bits per heavy atom. The number of nitrogen functional groups attached to an aromatic ring is 1. The molecule has 1 aliphatic rings. The van der Waals surface area contributed by atoms with Crippen molar-refractivity contribution < 1.29 is 9.47 Å². The summed E-state index contributed by atoms with van der Waals surface area (Å²) in [7, 11) is 0. The average Bonchev–Trinajstić information content (AvgIpc) is 2.29. The van der Waals surface area contributed by atoms with Gasteiger partial charge in [-0.15, -0.1) is 0 Å². The lowest BCUT2D eigenvalue weighted by Crippen LogP contribution is -2.21. The summed E-state index contributed by atoms with van der Waals surface area (Å²) in [6.45, 7) is 4.45. The molecule has 0 amide bonds. The molecule has 0 spiro atoms. The Morgan fingerprint density at radius 2 is 2.12 bits per heavy atom. The van der Waals surface area contributed by atoms with Crippen molar-refractivity contribution in [1.82, 2.24) is 0 Å². The zero-order chi connectivity index (χ0) is 12.3. The Bertz CT molecular complexity index is 366. The molecule has 0 unspecified atom stereocenters. The van der Waals surface area contributed by atoms with Crippen molar-refractivity contribution in [2.45, 2.75) is 19.8 Å². The van der Waals surface area contributed by atoms with Gasteiger partial charge in [0, 0.05) is 17.7 Å². The Kier molecular flexibility index (Phi) is 4.29. The van der Waals surface area contributed by atoms with Gasteiger partial charge in [-0.3, -0.25) is 0 Å². The highest BCUT2D eigenvalue weighted by atomic mass is 79.9. The van der Waals surface area contributed by atoms with Gasteiger partial charge < -0.3 is 15.2 Å². The summed E-state index contributed by atoms with van der Waals surface area (Å²) < 4.78 is 12.2. The Hall–Kier alpha value is -0.740. The van der Waals surface area contributed by atoms with Gasteiger partial charge in [0.15, 0.2) is 0 Å². The minimum Gasteiger partial charge on any atom is -0.491 e. The van der Waals surface area contributed by atoms with E-state index in [1.165, 1.54) is 0 Å². The molecule has 2 rings (SSSR count). The summed E-state index contributed by atoms with van der Waals surface area (Å²) in [5.74, 6) is 1.41. The summed E-state index contributed by atoms with van der Waals surface area (Å²) in [5, 5.41) is 0. The molecule has 1 aliphatic heterocycles. The van der Waals surface area contributed by atoms with Crippen LogP contribution in [0.4, 0.5) is 5.69 Å². The van der Waals surface area contributed by atoms with E-state index in [2.05, 4.69) is 15.9 Å². The van der Waals surface area contributed by atoms with Gasteiger partial charge in [-0.1, -0.05) is 15.9 Å².